The Balaban J connectivity index is 1.63. The van der Waals surface area contributed by atoms with Crippen LogP contribution in [0.3, 0.4) is 0 Å². The fourth-order valence-electron chi connectivity index (χ4n) is 2.75. The summed E-state index contributed by atoms with van der Waals surface area (Å²) in [4.78, 5) is 12.9. The molecule has 1 aromatic heterocycles. The summed E-state index contributed by atoms with van der Waals surface area (Å²) in [6.07, 6.45) is 3.76. The average Bonchev–Trinajstić information content (AvgIpc) is 3.40. The average molecular weight is 380 g/mol. The summed E-state index contributed by atoms with van der Waals surface area (Å²) in [5.74, 6) is 0.761. The minimum Gasteiger partial charge on any atom is -0.497 e. The number of rotatable bonds is 7. The number of nitrogens with one attached hydrogen (secondary N) is 1. The molecule has 0 unspecified atom stereocenters. The van der Waals surface area contributed by atoms with E-state index in [9.17, 15) is 4.79 Å². The second-order valence-electron chi connectivity index (χ2n) is 6.38. The number of benzene rings is 2. The Morgan fingerprint density at radius 3 is 2.78 bits per heavy atom. The summed E-state index contributed by atoms with van der Waals surface area (Å²) < 4.78 is 7.18. The Kier molecular flexibility index (Phi) is 5.11. The lowest BCUT2D eigenvalue weighted by atomic mass is 10.1. The first-order valence-electron chi connectivity index (χ1n) is 8.81. The number of ether oxygens (including phenoxy) is 1. The van der Waals surface area contributed by atoms with Crippen molar-refractivity contribution in [2.24, 2.45) is 0 Å². The second-order valence-corrected chi connectivity index (χ2v) is 7.45. The lowest BCUT2D eigenvalue weighted by Gasteiger charge is -2.17. The molecule has 6 nitrogen and oxygen atoms in total. The van der Waals surface area contributed by atoms with E-state index in [1.54, 1.807) is 13.4 Å². The molecule has 0 aliphatic heterocycles. The molecule has 1 atom stereocenters. The summed E-state index contributed by atoms with van der Waals surface area (Å²) in [6, 6.07) is 17.7. The van der Waals surface area contributed by atoms with Crippen LogP contribution in [0.1, 0.15) is 23.7 Å². The number of carbonyl (C=O) groups excluding carboxylic acids is 1. The molecule has 4 rings (SSSR count). The molecular weight excluding hydrogens is 360 g/mol. The zero-order valence-corrected chi connectivity index (χ0v) is 15.7. The van der Waals surface area contributed by atoms with Gasteiger partial charge in [0.15, 0.2) is 5.16 Å². The van der Waals surface area contributed by atoms with E-state index in [1.807, 2.05) is 59.2 Å². The van der Waals surface area contributed by atoms with Crippen LogP contribution in [0, 0.1) is 0 Å². The maximum atomic E-state index is 12.9. The van der Waals surface area contributed by atoms with Crippen molar-refractivity contribution >= 4 is 17.7 Å². The molecule has 1 saturated carbocycles. The third-order valence-electron chi connectivity index (χ3n) is 4.34. The molecule has 1 amide bonds. The zero-order valence-electron chi connectivity index (χ0n) is 14.9. The Hall–Kier alpha value is -2.80. The van der Waals surface area contributed by atoms with Crippen LogP contribution in [0.5, 0.6) is 5.75 Å². The van der Waals surface area contributed by atoms with Gasteiger partial charge in [0, 0.05) is 12.1 Å². The molecule has 1 fully saturated rings. The van der Waals surface area contributed by atoms with Gasteiger partial charge in [-0.15, -0.1) is 10.2 Å². The molecule has 0 spiro atoms. The van der Waals surface area contributed by atoms with Gasteiger partial charge >= 0.3 is 0 Å². The van der Waals surface area contributed by atoms with Gasteiger partial charge in [0.25, 0.3) is 0 Å². The van der Waals surface area contributed by atoms with Crippen LogP contribution in [0.4, 0.5) is 0 Å². The summed E-state index contributed by atoms with van der Waals surface area (Å²) in [5, 5.41) is 11.7. The summed E-state index contributed by atoms with van der Waals surface area (Å²) in [5.41, 5.74) is 1.83. The van der Waals surface area contributed by atoms with Gasteiger partial charge in [-0.25, -0.2) is 0 Å². The van der Waals surface area contributed by atoms with Crippen LogP contribution in [-0.2, 0) is 4.79 Å². The van der Waals surface area contributed by atoms with Crippen molar-refractivity contribution in [1.82, 2.24) is 20.1 Å². The van der Waals surface area contributed by atoms with Gasteiger partial charge in [-0.1, -0.05) is 48.2 Å². The molecular formula is C20H20N4O2S. The minimum absolute atomic E-state index is 0.00823. The largest absolute Gasteiger partial charge is 0.497 e. The fraction of sp³-hybridized carbons (Fsp3) is 0.250. The highest BCUT2D eigenvalue weighted by Gasteiger charge is 2.30. The van der Waals surface area contributed by atoms with E-state index < -0.39 is 0 Å². The number of carbonyl (C=O) groups is 1. The van der Waals surface area contributed by atoms with E-state index in [4.69, 9.17) is 4.74 Å². The van der Waals surface area contributed by atoms with Crippen LogP contribution in [-0.4, -0.2) is 33.8 Å². The molecule has 0 saturated heterocycles. The van der Waals surface area contributed by atoms with Crippen molar-refractivity contribution < 1.29 is 9.53 Å². The number of aromatic nitrogens is 3. The summed E-state index contributed by atoms with van der Waals surface area (Å²) >= 11 is 1.40. The third-order valence-corrected chi connectivity index (χ3v) is 5.55. The molecule has 2 aromatic carbocycles. The van der Waals surface area contributed by atoms with Gasteiger partial charge in [0.1, 0.15) is 17.3 Å². The number of methoxy groups -OCH3 is 1. The molecule has 7 heteroatoms. The molecule has 27 heavy (non-hydrogen) atoms. The SMILES string of the molecule is COc1cccc(-n2cnnc2S[C@H](C(=O)NC2CC2)c2ccccc2)c1. The van der Waals surface area contributed by atoms with Gasteiger partial charge in [-0.3, -0.25) is 9.36 Å². The Labute approximate surface area is 162 Å². The van der Waals surface area contributed by atoms with Gasteiger partial charge in [-0.2, -0.15) is 0 Å². The zero-order chi connectivity index (χ0) is 18.6. The van der Waals surface area contributed by atoms with Crippen molar-refractivity contribution in [3.05, 3.63) is 66.5 Å². The van der Waals surface area contributed by atoms with E-state index in [0.717, 1.165) is 29.8 Å². The van der Waals surface area contributed by atoms with Crippen LogP contribution in [0.15, 0.2) is 66.1 Å². The predicted octanol–water partition coefficient (Wildman–Crippen LogP) is 3.39. The molecule has 0 radical (unpaired) electrons. The first-order chi connectivity index (χ1) is 13.2. The van der Waals surface area contributed by atoms with Crippen LogP contribution in [0.2, 0.25) is 0 Å². The number of thioether (sulfide) groups is 1. The van der Waals surface area contributed by atoms with Crippen LogP contribution >= 0.6 is 11.8 Å². The Bertz CT molecular complexity index is 924. The van der Waals surface area contributed by atoms with E-state index in [-0.39, 0.29) is 11.2 Å². The van der Waals surface area contributed by atoms with E-state index in [2.05, 4.69) is 15.5 Å². The molecule has 138 valence electrons. The van der Waals surface area contributed by atoms with Crippen molar-refractivity contribution in [2.75, 3.05) is 7.11 Å². The lowest BCUT2D eigenvalue weighted by molar-refractivity contribution is -0.120. The molecule has 1 aliphatic rings. The van der Waals surface area contributed by atoms with Gasteiger partial charge in [0.05, 0.1) is 12.8 Å². The normalized spacial score (nSPS) is 14.6. The Morgan fingerprint density at radius 2 is 2.04 bits per heavy atom. The van der Waals surface area contributed by atoms with Crippen molar-refractivity contribution in [3.63, 3.8) is 0 Å². The molecule has 3 aromatic rings. The van der Waals surface area contributed by atoms with Crippen LogP contribution < -0.4 is 10.1 Å². The minimum atomic E-state index is -0.389. The van der Waals surface area contributed by atoms with Crippen molar-refractivity contribution in [1.29, 1.82) is 0 Å². The maximum Gasteiger partial charge on any atom is 0.238 e. The highest BCUT2D eigenvalue weighted by atomic mass is 32.2. The third kappa shape index (κ3) is 4.14. The molecule has 1 heterocycles. The maximum absolute atomic E-state index is 12.9. The number of nitrogens with zero attached hydrogens (tertiary/aromatic N) is 3. The van der Waals surface area contributed by atoms with Crippen molar-refractivity contribution in [2.45, 2.75) is 29.3 Å². The standard InChI is InChI=1S/C20H20N4O2S/c1-26-17-9-5-8-16(12-17)24-13-21-23-20(24)27-18(14-6-3-2-4-7-14)19(25)22-15-10-11-15/h2-9,12-13,15,18H,10-11H2,1H3,(H,22,25)/t18-/m0/s1. The monoisotopic (exact) mass is 380 g/mol. The van der Waals surface area contributed by atoms with E-state index >= 15 is 0 Å². The molecule has 1 N–H and O–H groups in total. The number of hydrogen-bond acceptors (Lipinski definition) is 5. The predicted molar refractivity (Wildman–Crippen MR) is 104 cm³/mol. The second kappa shape index (κ2) is 7.84. The highest BCUT2D eigenvalue weighted by Crippen LogP contribution is 2.36. The van der Waals surface area contributed by atoms with E-state index in [0.29, 0.717) is 11.2 Å². The quantitative estimate of drug-likeness (QED) is 0.637. The smallest absolute Gasteiger partial charge is 0.238 e. The lowest BCUT2D eigenvalue weighted by Crippen LogP contribution is -2.29. The van der Waals surface area contributed by atoms with Gasteiger partial charge < -0.3 is 10.1 Å². The van der Waals surface area contributed by atoms with Crippen LogP contribution in [0.25, 0.3) is 5.69 Å². The highest BCUT2D eigenvalue weighted by molar-refractivity contribution is 8.00. The van der Waals surface area contributed by atoms with Crippen molar-refractivity contribution in [3.8, 4) is 11.4 Å². The first kappa shape index (κ1) is 17.6. The van der Waals surface area contributed by atoms with E-state index in [1.165, 1.54) is 11.8 Å². The Morgan fingerprint density at radius 1 is 1.22 bits per heavy atom. The number of hydrogen-bond donors (Lipinski definition) is 1. The summed E-state index contributed by atoms with van der Waals surface area (Å²) in [7, 11) is 1.63. The number of amides is 1. The molecule has 1 aliphatic carbocycles. The van der Waals surface area contributed by atoms with Gasteiger partial charge in [0.2, 0.25) is 5.91 Å². The fourth-order valence-corrected chi connectivity index (χ4v) is 3.79. The van der Waals surface area contributed by atoms with Gasteiger partial charge in [-0.05, 0) is 30.5 Å². The first-order valence-corrected chi connectivity index (χ1v) is 9.69. The summed E-state index contributed by atoms with van der Waals surface area (Å²) in [6.45, 7) is 0. The molecule has 0 bridgehead atoms. The topological polar surface area (TPSA) is 69.0 Å².